The van der Waals surface area contributed by atoms with Crippen LogP contribution in [0.25, 0.3) is 0 Å². The zero-order valence-electron chi connectivity index (χ0n) is 10.8. The van der Waals surface area contributed by atoms with Gasteiger partial charge in [-0.25, -0.2) is 0 Å². The molecule has 0 saturated heterocycles. The molecule has 0 bridgehead atoms. The minimum absolute atomic E-state index is 0.0790. The molecule has 104 valence electrons. The van der Waals surface area contributed by atoms with Gasteiger partial charge < -0.3 is 5.32 Å². The van der Waals surface area contributed by atoms with Crippen molar-refractivity contribution in [1.29, 1.82) is 0 Å². The van der Waals surface area contributed by atoms with Crippen LogP contribution in [0, 0.1) is 0 Å². The van der Waals surface area contributed by atoms with Crippen molar-refractivity contribution in [3.05, 3.63) is 51.2 Å². The van der Waals surface area contributed by atoms with E-state index in [4.69, 9.17) is 11.6 Å². The van der Waals surface area contributed by atoms with E-state index in [1.165, 1.54) is 4.90 Å². The average Bonchev–Trinajstić information content (AvgIpc) is 2.92. The van der Waals surface area contributed by atoms with Crippen LogP contribution in [-0.2, 0) is 11.2 Å². The van der Waals surface area contributed by atoms with Crippen molar-refractivity contribution in [2.75, 3.05) is 5.75 Å². The first-order chi connectivity index (χ1) is 9.72. The topological polar surface area (TPSA) is 29.1 Å². The summed E-state index contributed by atoms with van der Waals surface area (Å²) in [4.78, 5) is 14.4. The minimum atomic E-state index is 0.0790. The molecule has 0 spiro atoms. The predicted molar refractivity (Wildman–Crippen MR) is 85.7 cm³/mol. The lowest BCUT2D eigenvalue weighted by Crippen LogP contribution is -2.31. The van der Waals surface area contributed by atoms with E-state index in [9.17, 15) is 4.79 Å². The second-order valence-electron chi connectivity index (χ2n) is 4.70. The number of rotatable bonds is 3. The van der Waals surface area contributed by atoms with Gasteiger partial charge in [-0.1, -0.05) is 17.7 Å². The lowest BCUT2D eigenvalue weighted by Gasteiger charge is -2.26. The second kappa shape index (κ2) is 6.20. The van der Waals surface area contributed by atoms with Crippen LogP contribution in [0.2, 0.25) is 5.02 Å². The van der Waals surface area contributed by atoms with E-state index in [0.717, 1.165) is 27.6 Å². The van der Waals surface area contributed by atoms with Crippen LogP contribution in [0.15, 0.2) is 40.6 Å². The average molecular weight is 324 g/mol. The lowest BCUT2D eigenvalue weighted by molar-refractivity contribution is -0.121. The third-order valence-electron chi connectivity index (χ3n) is 3.26. The Labute approximate surface area is 131 Å². The number of benzene rings is 1. The van der Waals surface area contributed by atoms with Gasteiger partial charge in [0.05, 0.1) is 12.5 Å². The number of halogens is 1. The lowest BCUT2D eigenvalue weighted by atomic mass is 10.0. The molecule has 0 radical (unpaired) electrons. The first-order valence-corrected chi connectivity index (χ1v) is 8.71. The summed E-state index contributed by atoms with van der Waals surface area (Å²) in [6.07, 6.45) is 1.41. The largest absolute Gasteiger partial charge is 0.349 e. The molecule has 3 rings (SSSR count). The molecule has 1 aliphatic heterocycles. The Bertz CT molecular complexity index is 612. The Kier molecular flexibility index (Phi) is 4.34. The molecule has 0 fully saturated rings. The molecule has 1 amide bonds. The fourth-order valence-corrected chi connectivity index (χ4v) is 4.32. The van der Waals surface area contributed by atoms with Gasteiger partial charge in [0.1, 0.15) is 0 Å². The van der Waals surface area contributed by atoms with E-state index in [0.29, 0.717) is 6.42 Å². The van der Waals surface area contributed by atoms with Gasteiger partial charge in [-0.15, -0.1) is 23.1 Å². The second-order valence-corrected chi connectivity index (χ2v) is 7.30. The fraction of sp³-hybridized carbons (Fsp3) is 0.267. The number of thiophene rings is 1. The number of hydrogen-bond donors (Lipinski definition) is 1. The maximum atomic E-state index is 12.1. The van der Waals surface area contributed by atoms with Crippen molar-refractivity contribution in [3.8, 4) is 0 Å². The highest BCUT2D eigenvalue weighted by Crippen LogP contribution is 2.37. The van der Waals surface area contributed by atoms with Crippen LogP contribution < -0.4 is 5.32 Å². The number of carbonyl (C=O) groups excluding carboxylic acids is 1. The molecule has 20 heavy (non-hydrogen) atoms. The highest BCUT2D eigenvalue weighted by atomic mass is 35.5. The van der Waals surface area contributed by atoms with Crippen molar-refractivity contribution >= 4 is 40.6 Å². The molecule has 1 aromatic heterocycles. The van der Waals surface area contributed by atoms with Gasteiger partial charge >= 0.3 is 0 Å². The van der Waals surface area contributed by atoms with Crippen LogP contribution in [0.4, 0.5) is 0 Å². The molecule has 5 heteroatoms. The summed E-state index contributed by atoms with van der Waals surface area (Å²) in [6, 6.07) is 9.96. The maximum absolute atomic E-state index is 12.1. The van der Waals surface area contributed by atoms with Gasteiger partial charge in [-0.3, -0.25) is 4.79 Å². The number of nitrogens with one attached hydrogen (secondary N) is 1. The summed E-state index contributed by atoms with van der Waals surface area (Å²) in [5.41, 5.74) is 1.15. The Morgan fingerprint density at radius 1 is 1.40 bits per heavy atom. The molecular formula is C15H14ClNOS2. The summed E-state index contributed by atoms with van der Waals surface area (Å²) < 4.78 is 0. The van der Waals surface area contributed by atoms with E-state index in [1.807, 2.05) is 47.5 Å². The first kappa shape index (κ1) is 14.0. The van der Waals surface area contributed by atoms with E-state index >= 15 is 0 Å². The van der Waals surface area contributed by atoms with Crippen molar-refractivity contribution < 1.29 is 4.79 Å². The Morgan fingerprint density at radius 2 is 2.30 bits per heavy atom. The number of fused-ring (bicyclic) bond motifs is 1. The molecule has 0 aliphatic carbocycles. The van der Waals surface area contributed by atoms with Gasteiger partial charge in [-0.2, -0.15) is 0 Å². The minimum Gasteiger partial charge on any atom is -0.349 e. The van der Waals surface area contributed by atoms with E-state index in [-0.39, 0.29) is 11.9 Å². The van der Waals surface area contributed by atoms with Gasteiger partial charge in [0.2, 0.25) is 5.91 Å². The summed E-state index contributed by atoms with van der Waals surface area (Å²) in [7, 11) is 0. The maximum Gasteiger partial charge on any atom is 0.225 e. The Morgan fingerprint density at radius 3 is 3.10 bits per heavy atom. The molecule has 1 N–H and O–H groups in total. The molecular weight excluding hydrogens is 310 g/mol. The summed E-state index contributed by atoms with van der Waals surface area (Å²) in [6.45, 7) is 0. The van der Waals surface area contributed by atoms with E-state index in [1.54, 1.807) is 11.3 Å². The summed E-state index contributed by atoms with van der Waals surface area (Å²) >= 11 is 9.51. The van der Waals surface area contributed by atoms with Gasteiger partial charge in [0.15, 0.2) is 0 Å². The van der Waals surface area contributed by atoms with Gasteiger partial charge in [0.25, 0.3) is 0 Å². The number of thioether (sulfide) groups is 1. The zero-order chi connectivity index (χ0) is 13.9. The van der Waals surface area contributed by atoms with Crippen molar-refractivity contribution in [2.45, 2.75) is 23.8 Å². The predicted octanol–water partition coefficient (Wildman–Crippen LogP) is 4.30. The van der Waals surface area contributed by atoms with Crippen LogP contribution in [0.5, 0.6) is 0 Å². The van der Waals surface area contributed by atoms with Crippen LogP contribution in [0.3, 0.4) is 0 Å². The smallest absolute Gasteiger partial charge is 0.225 e. The van der Waals surface area contributed by atoms with Crippen molar-refractivity contribution in [1.82, 2.24) is 5.32 Å². The molecule has 0 saturated carbocycles. The Balaban J connectivity index is 1.72. The first-order valence-electron chi connectivity index (χ1n) is 6.46. The highest BCUT2D eigenvalue weighted by Gasteiger charge is 2.22. The number of hydrogen-bond acceptors (Lipinski definition) is 3. The third kappa shape index (κ3) is 3.19. The summed E-state index contributed by atoms with van der Waals surface area (Å²) in [5, 5.41) is 5.86. The van der Waals surface area contributed by atoms with E-state index < -0.39 is 0 Å². The quantitative estimate of drug-likeness (QED) is 0.912. The van der Waals surface area contributed by atoms with Crippen molar-refractivity contribution in [3.63, 3.8) is 0 Å². The molecule has 1 aromatic carbocycles. The van der Waals surface area contributed by atoms with Crippen LogP contribution in [0.1, 0.15) is 22.9 Å². The number of carbonyl (C=O) groups is 1. The molecule has 2 heterocycles. The molecule has 2 nitrogen and oxygen atoms in total. The number of amides is 1. The van der Waals surface area contributed by atoms with Crippen molar-refractivity contribution in [2.24, 2.45) is 0 Å². The van der Waals surface area contributed by atoms with E-state index in [2.05, 4.69) is 5.32 Å². The highest BCUT2D eigenvalue weighted by molar-refractivity contribution is 7.99. The Hall–Kier alpha value is -0.970. The summed E-state index contributed by atoms with van der Waals surface area (Å²) in [5.74, 6) is 1.11. The molecule has 1 unspecified atom stereocenters. The van der Waals surface area contributed by atoms with Crippen LogP contribution >= 0.6 is 34.7 Å². The van der Waals surface area contributed by atoms with Crippen LogP contribution in [-0.4, -0.2) is 11.7 Å². The normalized spacial score (nSPS) is 17.6. The standard InChI is InChI=1S/C15H14ClNOS2/c16-10-3-4-14-12(8-10)13(5-7-20-14)17-15(18)9-11-2-1-6-19-11/h1-4,6,8,13H,5,7,9H2,(H,17,18). The third-order valence-corrected chi connectivity index (χ3v) is 5.50. The SMILES string of the molecule is O=C(Cc1cccs1)NC1CCSc2ccc(Cl)cc21. The van der Waals surface area contributed by atoms with Gasteiger partial charge in [0, 0.05) is 20.5 Å². The zero-order valence-corrected chi connectivity index (χ0v) is 13.2. The monoisotopic (exact) mass is 323 g/mol. The van der Waals surface area contributed by atoms with Gasteiger partial charge in [-0.05, 0) is 41.6 Å². The molecule has 1 atom stereocenters. The molecule has 1 aliphatic rings. The fourth-order valence-electron chi connectivity index (χ4n) is 2.33. The molecule has 2 aromatic rings.